The van der Waals surface area contributed by atoms with E-state index in [0.29, 0.717) is 0 Å². The molecular weight excluding hydrogens is 334 g/mol. The van der Waals surface area contributed by atoms with Gasteiger partial charge in [0, 0.05) is 31.1 Å². The second-order valence-electron chi connectivity index (χ2n) is 0.947. The van der Waals surface area contributed by atoms with Crippen molar-refractivity contribution >= 4 is 5.97 Å². The van der Waals surface area contributed by atoms with Gasteiger partial charge in [-0.25, -0.2) is 0 Å². The number of nitrogens with two attached hydrogens (primary N) is 2. The van der Waals surface area contributed by atoms with Gasteiger partial charge in [0.1, 0.15) is 0 Å². The summed E-state index contributed by atoms with van der Waals surface area (Å²) in [6, 6.07) is 0. The summed E-state index contributed by atoms with van der Waals surface area (Å²) in [4.78, 5) is 10.0. The fourth-order valence-corrected chi connectivity index (χ4v) is 0.118. The van der Waals surface area contributed by atoms with Gasteiger partial charge < -0.3 is 16.2 Å². The molecule has 0 aliphatic rings. The van der Waals surface area contributed by atoms with E-state index >= 15 is 0 Å². The summed E-state index contributed by atoms with van der Waals surface area (Å²) >= 11 is 0. The zero-order valence-corrected chi connectivity index (χ0v) is 8.63. The number of esters is 1. The van der Waals surface area contributed by atoms with E-state index in [4.69, 9.17) is 11.5 Å². The number of hydrogen-bond donors (Lipinski definition) is 2. The van der Waals surface area contributed by atoms with Crippen molar-refractivity contribution in [2.45, 2.75) is 0 Å². The van der Waals surface area contributed by atoms with Gasteiger partial charge in [-0.3, -0.25) is 4.79 Å². The van der Waals surface area contributed by atoms with Gasteiger partial charge in [0.2, 0.25) is 0 Å². The Morgan fingerprint density at radius 1 is 1.62 bits per heavy atom. The van der Waals surface area contributed by atoms with Gasteiger partial charge in [-0.15, -0.1) is 0 Å². The molecule has 0 radical (unpaired) electrons. The third-order valence-corrected chi connectivity index (χ3v) is 0.421. The van der Waals surface area contributed by atoms with Crippen molar-refractivity contribution in [3.05, 3.63) is 6.17 Å². The number of carbonyl (C=O) groups excluding carboxylic acids is 1. The second kappa shape index (κ2) is 5.45. The maximum absolute atomic E-state index is 10.0. The van der Waals surface area contributed by atoms with Gasteiger partial charge in [-0.1, -0.05) is 0 Å². The van der Waals surface area contributed by atoms with E-state index in [1.54, 1.807) is 0 Å². The molecule has 0 aromatic rings. The zero-order valence-electron chi connectivity index (χ0n) is 4.47. The van der Waals surface area contributed by atoms with Crippen LogP contribution in [0.2, 0.25) is 0 Å². The maximum Gasteiger partial charge on any atom is 0.195 e. The minimum absolute atomic E-state index is 0. The Morgan fingerprint density at radius 2 is 2.00 bits per heavy atom. The predicted octanol–water partition coefficient (Wildman–Crippen LogP) is -1.43. The molecule has 0 rings (SSSR count). The van der Waals surface area contributed by atoms with Crippen molar-refractivity contribution in [2.24, 2.45) is 11.5 Å². The Kier molecular flexibility index (Phi) is 7.60. The van der Waals surface area contributed by atoms with Crippen molar-refractivity contribution in [3.8, 4) is 0 Å². The van der Waals surface area contributed by atoms with Crippen LogP contribution in [-0.2, 0) is 9.53 Å². The molecule has 5 heteroatoms. The van der Waals surface area contributed by atoms with Gasteiger partial charge in [0.25, 0.3) is 0 Å². The van der Waals surface area contributed by atoms with Crippen molar-refractivity contribution in [1.29, 1.82) is 0 Å². The molecule has 0 saturated heterocycles. The van der Waals surface area contributed by atoms with Gasteiger partial charge in [0.05, 0.1) is 7.11 Å². The van der Waals surface area contributed by atoms with Crippen LogP contribution in [0.4, 0.5) is 0 Å². The van der Waals surface area contributed by atoms with Crippen LogP contribution in [0.3, 0.4) is 0 Å². The summed E-state index contributed by atoms with van der Waals surface area (Å²) in [5.74, 6) is -0.681. The molecule has 0 unspecified atom stereocenters. The first-order chi connectivity index (χ1) is 3.18. The molecule has 0 bridgehead atoms. The minimum Gasteiger partial charge on any atom is -0.489 e. The normalized spacial score (nSPS) is 6.88. The van der Waals surface area contributed by atoms with E-state index in [-0.39, 0.29) is 37.3 Å². The molecule has 0 spiro atoms. The number of hydrogen-bond acceptors (Lipinski definition) is 4. The fraction of sp³-hybridized carbons (Fsp3) is 0.333. The summed E-state index contributed by atoms with van der Waals surface area (Å²) in [5.41, 5.74) is 9.53. The van der Waals surface area contributed by atoms with Crippen molar-refractivity contribution < 1.29 is 40.6 Å². The zero-order chi connectivity index (χ0) is 5.86. The standard InChI is InChI=1S/C3H7N2O2.U/c1-7-3(6)2(4)5;/h4-5H2,1H3;/q-1;. The molecule has 0 aliphatic heterocycles. The molecule has 8 heavy (non-hydrogen) atoms. The van der Waals surface area contributed by atoms with Crippen LogP contribution >= 0.6 is 0 Å². The first kappa shape index (κ1) is 11.2. The van der Waals surface area contributed by atoms with Gasteiger partial charge in [0.15, 0.2) is 5.97 Å². The van der Waals surface area contributed by atoms with E-state index in [0.717, 1.165) is 0 Å². The van der Waals surface area contributed by atoms with Crippen LogP contribution < -0.4 is 11.5 Å². The summed E-state index contributed by atoms with van der Waals surface area (Å²) in [5, 5.41) is 0. The third kappa shape index (κ3) is 4.47. The van der Waals surface area contributed by atoms with Crippen molar-refractivity contribution in [3.63, 3.8) is 0 Å². The van der Waals surface area contributed by atoms with Crippen molar-refractivity contribution in [2.75, 3.05) is 7.11 Å². The predicted molar refractivity (Wildman–Crippen MR) is 23.6 cm³/mol. The quantitative estimate of drug-likeness (QED) is 0.453. The number of rotatable bonds is 1. The Labute approximate surface area is 71.3 Å². The number of carbonyl (C=O) groups is 1. The van der Waals surface area contributed by atoms with Crippen LogP contribution in [0.1, 0.15) is 0 Å². The van der Waals surface area contributed by atoms with E-state index in [1.165, 1.54) is 7.11 Å². The topological polar surface area (TPSA) is 78.3 Å². The van der Waals surface area contributed by atoms with Crippen LogP contribution in [0.15, 0.2) is 0 Å². The largest absolute Gasteiger partial charge is 0.489 e. The Bertz CT molecular complexity index is 75.7. The molecule has 4 nitrogen and oxygen atoms in total. The van der Waals surface area contributed by atoms with Crippen molar-refractivity contribution in [1.82, 2.24) is 0 Å². The minimum atomic E-state index is -0.681. The molecule has 0 aromatic carbocycles. The fourth-order valence-electron chi connectivity index (χ4n) is 0.118. The molecule has 4 N–H and O–H groups in total. The first-order valence-corrected chi connectivity index (χ1v) is 1.64. The van der Waals surface area contributed by atoms with E-state index < -0.39 is 5.97 Å². The monoisotopic (exact) mass is 341 g/mol. The molecule has 0 atom stereocenters. The maximum atomic E-state index is 10.0. The molecule has 0 saturated carbocycles. The van der Waals surface area contributed by atoms with E-state index in [2.05, 4.69) is 4.74 Å². The summed E-state index contributed by atoms with van der Waals surface area (Å²) in [6.45, 7) is 0. The van der Waals surface area contributed by atoms with Crippen LogP contribution in [-0.4, -0.2) is 13.1 Å². The molecule has 46 valence electrons. The molecule has 0 amide bonds. The average molecular weight is 341 g/mol. The summed E-state index contributed by atoms with van der Waals surface area (Å²) in [6.07, 6.45) is -0.317. The number of methoxy groups -OCH3 is 1. The smallest absolute Gasteiger partial charge is 0.195 e. The number of ether oxygens (including phenoxy) is 1. The third-order valence-electron chi connectivity index (χ3n) is 0.421. The molecule has 0 aliphatic carbocycles. The van der Waals surface area contributed by atoms with E-state index in [1.807, 2.05) is 0 Å². The molecule has 0 aromatic heterocycles. The second-order valence-corrected chi connectivity index (χ2v) is 0.947. The SMILES string of the molecule is COC(=O)[C-](N)N.[U]. The Hall–Kier alpha value is 0.312. The Balaban J connectivity index is 0. The van der Waals surface area contributed by atoms with Crippen LogP contribution in [0, 0.1) is 37.3 Å². The molecule has 0 heterocycles. The van der Waals surface area contributed by atoms with Gasteiger partial charge in [-0.05, 0) is 0 Å². The molecular formula is C3H7N2O2U-. The van der Waals surface area contributed by atoms with Gasteiger partial charge >= 0.3 is 0 Å². The first-order valence-electron chi connectivity index (χ1n) is 1.64. The van der Waals surface area contributed by atoms with E-state index in [9.17, 15) is 4.79 Å². The Morgan fingerprint density at radius 3 is 2.00 bits per heavy atom. The summed E-state index contributed by atoms with van der Waals surface area (Å²) in [7, 11) is 1.21. The van der Waals surface area contributed by atoms with Gasteiger partial charge in [-0.2, -0.15) is 6.17 Å². The van der Waals surface area contributed by atoms with Crippen LogP contribution in [0.5, 0.6) is 0 Å². The average Bonchev–Trinajstić information content (AvgIpc) is 1.65. The van der Waals surface area contributed by atoms with Crippen LogP contribution in [0.25, 0.3) is 0 Å². The molecule has 0 fully saturated rings. The summed E-state index contributed by atoms with van der Waals surface area (Å²) < 4.78 is 4.09.